The SMILES string of the molecule is O=C(CCNC(=O)c1ccc(Cl)cc1)Nn1cnc2ccccc21. The number of amides is 2. The lowest BCUT2D eigenvalue weighted by Crippen LogP contribution is -2.29. The fourth-order valence-corrected chi connectivity index (χ4v) is 2.36. The highest BCUT2D eigenvalue weighted by Gasteiger charge is 2.08. The molecule has 6 nitrogen and oxygen atoms in total. The molecule has 0 radical (unpaired) electrons. The van der Waals surface area contributed by atoms with Gasteiger partial charge in [-0.3, -0.25) is 15.0 Å². The van der Waals surface area contributed by atoms with Crippen LogP contribution in [0.15, 0.2) is 54.9 Å². The summed E-state index contributed by atoms with van der Waals surface area (Å²) in [5.74, 6) is -0.456. The standard InChI is InChI=1S/C17H15ClN4O2/c18-13-7-5-12(6-8-13)17(24)19-10-9-16(23)21-22-11-20-14-3-1-2-4-15(14)22/h1-8,11H,9-10H2,(H,19,24)(H,21,23). The molecular formula is C17H15ClN4O2. The Morgan fingerprint density at radius 2 is 1.83 bits per heavy atom. The molecule has 0 saturated carbocycles. The largest absolute Gasteiger partial charge is 0.352 e. The molecule has 122 valence electrons. The summed E-state index contributed by atoms with van der Waals surface area (Å²) in [6.45, 7) is 0.236. The van der Waals surface area contributed by atoms with Gasteiger partial charge in [0.05, 0.1) is 11.0 Å². The van der Waals surface area contributed by atoms with Crippen LogP contribution < -0.4 is 10.7 Å². The van der Waals surface area contributed by atoms with Gasteiger partial charge in [-0.15, -0.1) is 0 Å². The van der Waals surface area contributed by atoms with Gasteiger partial charge in [-0.1, -0.05) is 23.7 Å². The number of nitrogens with one attached hydrogen (secondary N) is 2. The number of carbonyl (C=O) groups is 2. The number of carbonyl (C=O) groups excluding carboxylic acids is 2. The highest BCUT2D eigenvalue weighted by molar-refractivity contribution is 6.30. The van der Waals surface area contributed by atoms with E-state index in [2.05, 4.69) is 15.7 Å². The fraction of sp³-hybridized carbons (Fsp3) is 0.118. The van der Waals surface area contributed by atoms with Crippen molar-refractivity contribution in [2.24, 2.45) is 0 Å². The maximum absolute atomic E-state index is 12.0. The second-order valence-corrected chi connectivity index (χ2v) is 5.59. The van der Waals surface area contributed by atoms with Gasteiger partial charge < -0.3 is 5.32 Å². The van der Waals surface area contributed by atoms with Crippen molar-refractivity contribution in [3.63, 3.8) is 0 Å². The molecule has 1 aromatic heterocycles. The molecule has 0 fully saturated rings. The summed E-state index contributed by atoms with van der Waals surface area (Å²) in [6, 6.07) is 14.0. The van der Waals surface area contributed by atoms with Gasteiger partial charge in [-0.25, -0.2) is 9.66 Å². The Labute approximate surface area is 143 Å². The summed E-state index contributed by atoms with van der Waals surface area (Å²) < 4.78 is 1.57. The van der Waals surface area contributed by atoms with Crippen LogP contribution >= 0.6 is 11.6 Å². The Bertz CT molecular complexity index is 874. The van der Waals surface area contributed by atoms with E-state index in [-0.39, 0.29) is 24.8 Å². The summed E-state index contributed by atoms with van der Waals surface area (Å²) in [4.78, 5) is 28.1. The zero-order valence-corrected chi connectivity index (χ0v) is 13.5. The number of aromatic nitrogens is 2. The van der Waals surface area contributed by atoms with E-state index in [1.54, 1.807) is 35.3 Å². The lowest BCUT2D eigenvalue weighted by atomic mass is 10.2. The van der Waals surface area contributed by atoms with Crippen molar-refractivity contribution < 1.29 is 9.59 Å². The normalized spacial score (nSPS) is 10.5. The average Bonchev–Trinajstić information content (AvgIpc) is 2.98. The highest BCUT2D eigenvalue weighted by atomic mass is 35.5. The molecule has 0 unspecified atom stereocenters. The van der Waals surface area contributed by atoms with E-state index in [1.807, 2.05) is 24.3 Å². The lowest BCUT2D eigenvalue weighted by Gasteiger charge is -2.08. The zero-order valence-electron chi connectivity index (χ0n) is 12.7. The van der Waals surface area contributed by atoms with Crippen molar-refractivity contribution in [1.82, 2.24) is 15.0 Å². The number of rotatable bonds is 5. The van der Waals surface area contributed by atoms with Crippen LogP contribution in [-0.2, 0) is 4.79 Å². The Balaban J connectivity index is 1.51. The van der Waals surface area contributed by atoms with Crippen LogP contribution in [0.5, 0.6) is 0 Å². The molecule has 0 spiro atoms. The zero-order chi connectivity index (χ0) is 16.9. The summed E-state index contributed by atoms with van der Waals surface area (Å²) in [5.41, 5.74) is 4.85. The third-order valence-electron chi connectivity index (χ3n) is 3.44. The molecule has 2 aromatic carbocycles. The first kappa shape index (κ1) is 16.0. The summed E-state index contributed by atoms with van der Waals surface area (Å²) in [6.07, 6.45) is 1.71. The van der Waals surface area contributed by atoms with Gasteiger partial charge in [0.15, 0.2) is 0 Å². The van der Waals surface area contributed by atoms with Crippen LogP contribution in [0.3, 0.4) is 0 Å². The predicted octanol–water partition coefficient (Wildman–Crippen LogP) is 2.58. The molecule has 0 aliphatic carbocycles. The van der Waals surface area contributed by atoms with Crippen molar-refractivity contribution in [3.8, 4) is 0 Å². The first-order chi connectivity index (χ1) is 11.6. The molecular weight excluding hydrogens is 328 g/mol. The van der Waals surface area contributed by atoms with E-state index in [0.717, 1.165) is 11.0 Å². The minimum Gasteiger partial charge on any atom is -0.352 e. The van der Waals surface area contributed by atoms with Gasteiger partial charge in [0.1, 0.15) is 6.33 Å². The topological polar surface area (TPSA) is 76.0 Å². The van der Waals surface area contributed by atoms with Crippen LogP contribution in [0.25, 0.3) is 11.0 Å². The molecule has 0 atom stereocenters. The van der Waals surface area contributed by atoms with E-state index in [0.29, 0.717) is 10.6 Å². The van der Waals surface area contributed by atoms with Crippen LogP contribution in [0, 0.1) is 0 Å². The molecule has 0 aliphatic rings. The molecule has 24 heavy (non-hydrogen) atoms. The maximum Gasteiger partial charge on any atom is 0.251 e. The number of fused-ring (bicyclic) bond motifs is 1. The number of imidazole rings is 1. The van der Waals surface area contributed by atoms with Gasteiger partial charge in [0.25, 0.3) is 5.91 Å². The van der Waals surface area contributed by atoms with Gasteiger partial charge in [0, 0.05) is 23.6 Å². The predicted molar refractivity (Wildman–Crippen MR) is 92.5 cm³/mol. The molecule has 0 aliphatic heterocycles. The Morgan fingerprint density at radius 3 is 2.62 bits per heavy atom. The smallest absolute Gasteiger partial charge is 0.251 e. The monoisotopic (exact) mass is 342 g/mol. The summed E-state index contributed by atoms with van der Waals surface area (Å²) in [7, 11) is 0. The number of halogens is 1. The quantitative estimate of drug-likeness (QED) is 0.748. The number of nitrogens with zero attached hydrogens (tertiary/aromatic N) is 2. The van der Waals surface area contributed by atoms with Gasteiger partial charge in [-0.05, 0) is 36.4 Å². The van der Waals surface area contributed by atoms with Crippen molar-refractivity contribution in [2.75, 3.05) is 12.0 Å². The van der Waals surface area contributed by atoms with Gasteiger partial charge >= 0.3 is 0 Å². The van der Waals surface area contributed by atoms with Crippen molar-refractivity contribution >= 4 is 34.4 Å². The molecule has 3 aromatic rings. The second-order valence-electron chi connectivity index (χ2n) is 5.15. The average molecular weight is 343 g/mol. The molecule has 7 heteroatoms. The molecule has 2 N–H and O–H groups in total. The third kappa shape index (κ3) is 3.72. The maximum atomic E-state index is 12.0. The van der Waals surface area contributed by atoms with Gasteiger partial charge in [0.2, 0.25) is 5.91 Å². The van der Waals surface area contributed by atoms with Crippen molar-refractivity contribution in [2.45, 2.75) is 6.42 Å². The van der Waals surface area contributed by atoms with Crippen LogP contribution in [-0.4, -0.2) is 28.0 Å². The number of hydrogen-bond donors (Lipinski definition) is 2. The molecule has 0 bridgehead atoms. The minimum absolute atomic E-state index is 0.159. The molecule has 0 saturated heterocycles. The van der Waals surface area contributed by atoms with Crippen LogP contribution in [0.2, 0.25) is 5.02 Å². The van der Waals surface area contributed by atoms with E-state index >= 15 is 0 Å². The molecule has 1 heterocycles. The van der Waals surface area contributed by atoms with Crippen molar-refractivity contribution in [3.05, 3.63) is 65.4 Å². The molecule has 3 rings (SSSR count). The van der Waals surface area contributed by atoms with Gasteiger partial charge in [-0.2, -0.15) is 0 Å². The minimum atomic E-state index is -0.243. The van der Waals surface area contributed by atoms with E-state index < -0.39 is 0 Å². The summed E-state index contributed by atoms with van der Waals surface area (Å²) >= 11 is 5.78. The lowest BCUT2D eigenvalue weighted by molar-refractivity contribution is -0.116. The van der Waals surface area contributed by atoms with Crippen LogP contribution in [0.1, 0.15) is 16.8 Å². The Morgan fingerprint density at radius 1 is 1.08 bits per heavy atom. The second kappa shape index (κ2) is 7.14. The first-order valence-electron chi connectivity index (χ1n) is 7.39. The van der Waals surface area contributed by atoms with E-state index in [4.69, 9.17) is 11.6 Å². The fourth-order valence-electron chi connectivity index (χ4n) is 2.23. The molecule has 2 amide bonds. The first-order valence-corrected chi connectivity index (χ1v) is 7.77. The summed E-state index contributed by atoms with van der Waals surface area (Å²) in [5, 5.41) is 3.27. The number of para-hydroxylation sites is 2. The van der Waals surface area contributed by atoms with E-state index in [9.17, 15) is 9.59 Å². The van der Waals surface area contributed by atoms with E-state index in [1.165, 1.54) is 0 Å². The Hall–Kier alpha value is -2.86. The number of benzene rings is 2. The third-order valence-corrected chi connectivity index (χ3v) is 3.69. The van der Waals surface area contributed by atoms with Crippen molar-refractivity contribution in [1.29, 1.82) is 0 Å². The highest BCUT2D eigenvalue weighted by Crippen LogP contribution is 2.10. The number of hydrogen-bond acceptors (Lipinski definition) is 3. The van der Waals surface area contributed by atoms with Crippen LogP contribution in [0.4, 0.5) is 0 Å². The Kier molecular flexibility index (Phi) is 4.77.